The molecule has 0 radical (unpaired) electrons. The third-order valence-electron chi connectivity index (χ3n) is 2.69. The molecule has 1 heterocycles. The highest BCUT2D eigenvalue weighted by molar-refractivity contribution is 5.74. The molecule has 0 unspecified atom stereocenters. The first-order chi connectivity index (χ1) is 9.69. The summed E-state index contributed by atoms with van der Waals surface area (Å²) in [5, 5.41) is 9.50. The van der Waals surface area contributed by atoms with Gasteiger partial charge in [-0.15, -0.1) is 0 Å². The quantitative estimate of drug-likeness (QED) is 0.663. The molecule has 102 valence electrons. The minimum absolute atomic E-state index is 0.0280. The van der Waals surface area contributed by atoms with Gasteiger partial charge in [0.1, 0.15) is 18.6 Å². The van der Waals surface area contributed by atoms with Crippen LogP contribution in [0.1, 0.15) is 21.6 Å². The number of esters is 1. The molecule has 0 aliphatic carbocycles. The minimum Gasteiger partial charge on any atom is -0.506 e. The summed E-state index contributed by atoms with van der Waals surface area (Å²) in [6.45, 7) is 0.117. The van der Waals surface area contributed by atoms with Crippen molar-refractivity contribution in [3.8, 4) is 5.75 Å². The predicted octanol–water partition coefficient (Wildman–Crippen LogP) is 1.89. The lowest BCUT2D eigenvalue weighted by Crippen LogP contribution is -2.09. The molecule has 0 fully saturated rings. The molecule has 1 aromatic heterocycles. The van der Waals surface area contributed by atoms with Crippen LogP contribution in [0.15, 0.2) is 42.6 Å². The highest BCUT2D eigenvalue weighted by atomic mass is 16.5. The van der Waals surface area contributed by atoms with Crippen molar-refractivity contribution < 1.29 is 19.4 Å². The Kier molecular flexibility index (Phi) is 4.44. The van der Waals surface area contributed by atoms with Crippen molar-refractivity contribution >= 4 is 12.3 Å². The van der Waals surface area contributed by atoms with Crippen LogP contribution in [0.3, 0.4) is 0 Å². The van der Waals surface area contributed by atoms with Crippen molar-refractivity contribution in [1.29, 1.82) is 0 Å². The normalized spacial score (nSPS) is 10.0. The van der Waals surface area contributed by atoms with Crippen LogP contribution in [0.4, 0.5) is 0 Å². The Hall–Kier alpha value is -2.69. The Morgan fingerprint density at radius 1 is 1.25 bits per heavy atom. The fourth-order valence-corrected chi connectivity index (χ4v) is 1.61. The monoisotopic (exact) mass is 271 g/mol. The number of hydrogen-bond donors (Lipinski definition) is 1. The van der Waals surface area contributed by atoms with E-state index in [1.807, 2.05) is 0 Å². The number of benzene rings is 1. The Labute approximate surface area is 115 Å². The molecule has 0 amide bonds. The van der Waals surface area contributed by atoms with Gasteiger partial charge in [-0.3, -0.25) is 14.6 Å². The standard InChI is InChI=1S/C15H13NO4/c17-9-11-3-5-12(6-4-11)10-20-15(19)8-13-14(18)2-1-7-16-13/h1-7,9,18H,8,10H2. The molecular weight excluding hydrogens is 258 g/mol. The molecule has 1 aromatic carbocycles. The summed E-state index contributed by atoms with van der Waals surface area (Å²) >= 11 is 0. The van der Waals surface area contributed by atoms with E-state index in [2.05, 4.69) is 4.98 Å². The summed E-state index contributed by atoms with van der Waals surface area (Å²) in [5.41, 5.74) is 1.64. The van der Waals surface area contributed by atoms with Gasteiger partial charge in [0.2, 0.25) is 0 Å². The van der Waals surface area contributed by atoms with Crippen LogP contribution in [0, 0.1) is 0 Å². The maximum atomic E-state index is 11.6. The lowest BCUT2D eigenvalue weighted by atomic mass is 10.1. The highest BCUT2D eigenvalue weighted by Gasteiger charge is 2.09. The number of carbonyl (C=O) groups is 2. The van der Waals surface area contributed by atoms with Crippen LogP contribution in [0.25, 0.3) is 0 Å². The van der Waals surface area contributed by atoms with E-state index in [9.17, 15) is 14.7 Å². The van der Waals surface area contributed by atoms with Crippen molar-refractivity contribution in [3.63, 3.8) is 0 Å². The van der Waals surface area contributed by atoms with Gasteiger partial charge in [-0.25, -0.2) is 0 Å². The third-order valence-corrected chi connectivity index (χ3v) is 2.69. The van der Waals surface area contributed by atoms with Crippen molar-refractivity contribution in [1.82, 2.24) is 4.98 Å². The summed E-state index contributed by atoms with van der Waals surface area (Å²) in [5.74, 6) is -0.502. The number of rotatable bonds is 5. The van der Waals surface area contributed by atoms with Crippen molar-refractivity contribution in [2.24, 2.45) is 0 Å². The van der Waals surface area contributed by atoms with Gasteiger partial charge in [-0.05, 0) is 17.7 Å². The van der Waals surface area contributed by atoms with Gasteiger partial charge in [-0.2, -0.15) is 0 Å². The Morgan fingerprint density at radius 2 is 2.00 bits per heavy atom. The Balaban J connectivity index is 1.88. The molecular formula is C15H13NO4. The molecule has 0 saturated carbocycles. The molecule has 2 aromatic rings. The fraction of sp³-hybridized carbons (Fsp3) is 0.133. The summed E-state index contributed by atoms with van der Waals surface area (Å²) in [6, 6.07) is 9.79. The zero-order valence-corrected chi connectivity index (χ0v) is 10.7. The molecule has 0 atom stereocenters. The van der Waals surface area contributed by atoms with Crippen molar-refractivity contribution in [3.05, 3.63) is 59.4 Å². The summed E-state index contributed by atoms with van der Waals surface area (Å²) < 4.78 is 5.08. The van der Waals surface area contributed by atoms with Crippen LogP contribution in [0.5, 0.6) is 5.75 Å². The smallest absolute Gasteiger partial charge is 0.312 e. The molecule has 20 heavy (non-hydrogen) atoms. The van der Waals surface area contributed by atoms with Gasteiger partial charge >= 0.3 is 5.97 Å². The van der Waals surface area contributed by atoms with Gasteiger partial charge in [0.25, 0.3) is 0 Å². The topological polar surface area (TPSA) is 76.5 Å². The van der Waals surface area contributed by atoms with E-state index in [1.54, 1.807) is 30.3 Å². The van der Waals surface area contributed by atoms with E-state index >= 15 is 0 Å². The number of aromatic nitrogens is 1. The van der Waals surface area contributed by atoms with E-state index in [1.165, 1.54) is 12.3 Å². The number of carbonyl (C=O) groups excluding carboxylic acids is 2. The van der Waals surface area contributed by atoms with Gasteiger partial charge in [0.15, 0.2) is 0 Å². The average molecular weight is 271 g/mol. The van der Waals surface area contributed by atoms with Crippen molar-refractivity contribution in [2.45, 2.75) is 13.0 Å². The predicted molar refractivity (Wildman–Crippen MR) is 71.2 cm³/mol. The molecule has 2 rings (SSSR count). The van der Waals surface area contributed by atoms with Gasteiger partial charge < -0.3 is 9.84 Å². The SMILES string of the molecule is O=Cc1ccc(COC(=O)Cc2ncccc2O)cc1. The van der Waals surface area contributed by atoms with Crippen LogP contribution in [-0.4, -0.2) is 22.3 Å². The van der Waals surface area contributed by atoms with Gasteiger partial charge in [0, 0.05) is 11.8 Å². The molecule has 0 aliphatic rings. The molecule has 0 spiro atoms. The number of hydrogen-bond acceptors (Lipinski definition) is 5. The zero-order valence-electron chi connectivity index (χ0n) is 10.7. The lowest BCUT2D eigenvalue weighted by Gasteiger charge is -2.06. The second kappa shape index (κ2) is 6.47. The third kappa shape index (κ3) is 3.65. The largest absolute Gasteiger partial charge is 0.506 e. The molecule has 0 saturated heterocycles. The second-order valence-electron chi connectivity index (χ2n) is 4.17. The first kappa shape index (κ1) is 13.7. The fourth-order valence-electron chi connectivity index (χ4n) is 1.61. The van der Waals surface area contributed by atoms with E-state index in [0.29, 0.717) is 5.56 Å². The van der Waals surface area contributed by atoms with Crippen LogP contribution >= 0.6 is 0 Å². The first-order valence-corrected chi connectivity index (χ1v) is 6.01. The average Bonchev–Trinajstić information content (AvgIpc) is 2.48. The van der Waals surface area contributed by atoms with Crippen LogP contribution in [0.2, 0.25) is 0 Å². The summed E-state index contributed by atoms with van der Waals surface area (Å²) in [4.78, 5) is 26.0. The number of aromatic hydroxyl groups is 1. The van der Waals surface area contributed by atoms with E-state index in [4.69, 9.17) is 4.74 Å². The highest BCUT2D eigenvalue weighted by Crippen LogP contribution is 2.14. The zero-order chi connectivity index (χ0) is 14.4. The number of nitrogens with zero attached hydrogens (tertiary/aromatic N) is 1. The molecule has 5 nitrogen and oxygen atoms in total. The van der Waals surface area contributed by atoms with E-state index in [-0.39, 0.29) is 24.5 Å². The van der Waals surface area contributed by atoms with Crippen molar-refractivity contribution in [2.75, 3.05) is 0 Å². The lowest BCUT2D eigenvalue weighted by molar-refractivity contribution is -0.144. The minimum atomic E-state index is -0.474. The summed E-state index contributed by atoms with van der Waals surface area (Å²) in [6.07, 6.45) is 2.17. The molecule has 1 N–H and O–H groups in total. The molecule has 0 aliphatic heterocycles. The van der Waals surface area contributed by atoms with Crippen LogP contribution in [-0.2, 0) is 22.6 Å². The van der Waals surface area contributed by atoms with Gasteiger partial charge in [-0.1, -0.05) is 24.3 Å². The van der Waals surface area contributed by atoms with E-state index < -0.39 is 5.97 Å². The number of ether oxygens (including phenoxy) is 1. The first-order valence-electron chi connectivity index (χ1n) is 6.01. The Bertz CT molecular complexity index is 608. The number of pyridine rings is 1. The summed E-state index contributed by atoms with van der Waals surface area (Å²) in [7, 11) is 0. The molecule has 0 bridgehead atoms. The maximum Gasteiger partial charge on any atom is 0.312 e. The second-order valence-corrected chi connectivity index (χ2v) is 4.17. The maximum absolute atomic E-state index is 11.6. The van der Waals surface area contributed by atoms with E-state index in [0.717, 1.165) is 11.8 Å². The van der Waals surface area contributed by atoms with Crippen LogP contribution < -0.4 is 0 Å². The number of aldehydes is 1. The molecule has 5 heteroatoms. The van der Waals surface area contributed by atoms with Gasteiger partial charge in [0.05, 0.1) is 12.1 Å². The Morgan fingerprint density at radius 3 is 2.65 bits per heavy atom.